The van der Waals surface area contributed by atoms with E-state index >= 15 is 0 Å². The fourth-order valence-electron chi connectivity index (χ4n) is 5.94. The zero-order chi connectivity index (χ0) is 25.2. The van der Waals surface area contributed by atoms with E-state index in [4.69, 9.17) is 4.74 Å². The monoisotopic (exact) mass is 494 g/mol. The van der Waals surface area contributed by atoms with Crippen LogP contribution in [0.4, 0.5) is 5.69 Å². The quantitative estimate of drug-likeness (QED) is 0.391. The van der Waals surface area contributed by atoms with Crippen molar-refractivity contribution in [2.75, 3.05) is 51.3 Å². The van der Waals surface area contributed by atoms with Crippen LogP contribution in [-0.4, -0.2) is 66.7 Å². The topological polar surface area (TPSA) is 41.0 Å². The van der Waals surface area contributed by atoms with Crippen molar-refractivity contribution < 1.29 is 9.53 Å². The predicted octanol–water partition coefficient (Wildman–Crippen LogP) is 4.67. The van der Waals surface area contributed by atoms with Gasteiger partial charge >= 0.3 is 0 Å². The number of methoxy groups -OCH3 is 1. The molecule has 0 saturated carbocycles. The maximum Gasteiger partial charge on any atom is 0.254 e. The van der Waals surface area contributed by atoms with Gasteiger partial charge in [0.05, 0.1) is 12.8 Å². The summed E-state index contributed by atoms with van der Waals surface area (Å²) < 4.78 is 8.10. The van der Waals surface area contributed by atoms with Gasteiger partial charge in [0.1, 0.15) is 5.75 Å². The molecular formula is C31H34N4O2. The number of carbonyl (C=O) groups is 1. The lowest BCUT2D eigenvalue weighted by Gasteiger charge is -2.37. The van der Waals surface area contributed by atoms with Crippen molar-refractivity contribution in [2.24, 2.45) is 0 Å². The summed E-state index contributed by atoms with van der Waals surface area (Å²) in [5, 5.41) is 1.28. The van der Waals surface area contributed by atoms with Crippen LogP contribution in [0.1, 0.15) is 21.6 Å². The van der Waals surface area contributed by atoms with Crippen molar-refractivity contribution in [3.05, 3.63) is 95.7 Å². The summed E-state index contributed by atoms with van der Waals surface area (Å²) in [5.74, 6) is 1.07. The molecule has 6 nitrogen and oxygen atoms in total. The molecule has 3 aromatic carbocycles. The molecular weight excluding hydrogens is 460 g/mol. The van der Waals surface area contributed by atoms with Crippen LogP contribution in [-0.2, 0) is 19.5 Å². The van der Waals surface area contributed by atoms with Crippen LogP contribution in [0, 0.1) is 0 Å². The lowest BCUT2D eigenvalue weighted by Crippen LogP contribution is -2.47. The highest BCUT2D eigenvalue weighted by atomic mass is 16.5. The summed E-state index contributed by atoms with van der Waals surface area (Å²) in [5.41, 5.74) is 5.94. The molecule has 1 aromatic heterocycles. The van der Waals surface area contributed by atoms with Crippen LogP contribution in [0.5, 0.6) is 5.75 Å². The van der Waals surface area contributed by atoms with Crippen LogP contribution < -0.4 is 9.64 Å². The summed E-state index contributed by atoms with van der Waals surface area (Å²) in [6.07, 6.45) is 0.893. The molecule has 0 N–H and O–H groups in total. The van der Waals surface area contributed by atoms with Crippen molar-refractivity contribution in [1.82, 2.24) is 14.4 Å². The molecule has 0 atom stereocenters. The van der Waals surface area contributed by atoms with Crippen molar-refractivity contribution in [1.29, 1.82) is 0 Å². The average molecular weight is 495 g/mol. The molecule has 37 heavy (non-hydrogen) atoms. The van der Waals surface area contributed by atoms with Gasteiger partial charge in [-0.05, 0) is 30.3 Å². The van der Waals surface area contributed by atoms with Gasteiger partial charge in [-0.25, -0.2) is 0 Å². The van der Waals surface area contributed by atoms with Gasteiger partial charge < -0.3 is 19.1 Å². The highest BCUT2D eigenvalue weighted by Gasteiger charge is 2.27. The minimum absolute atomic E-state index is 0.121. The number of piperazine rings is 1. The number of para-hydroxylation sites is 3. The smallest absolute Gasteiger partial charge is 0.254 e. The Labute approximate surface area is 218 Å². The fraction of sp³-hybridized carbons (Fsp3) is 0.323. The van der Waals surface area contributed by atoms with Gasteiger partial charge in [-0.2, -0.15) is 0 Å². The third kappa shape index (κ3) is 4.58. The fourth-order valence-corrected chi connectivity index (χ4v) is 5.94. The first-order valence-electron chi connectivity index (χ1n) is 13.3. The number of rotatable bonds is 6. The molecule has 1 amide bonds. The molecule has 4 aromatic rings. The first kappa shape index (κ1) is 23.6. The van der Waals surface area contributed by atoms with Gasteiger partial charge in [-0.1, -0.05) is 48.5 Å². The third-order valence-electron chi connectivity index (χ3n) is 7.91. The highest BCUT2D eigenvalue weighted by molar-refractivity contribution is 5.95. The number of fused-ring (bicyclic) bond motifs is 3. The van der Waals surface area contributed by atoms with E-state index in [1.165, 1.54) is 27.8 Å². The molecule has 6 heteroatoms. The molecule has 0 unspecified atom stereocenters. The van der Waals surface area contributed by atoms with Crippen molar-refractivity contribution in [2.45, 2.75) is 19.5 Å². The number of hydrogen-bond donors (Lipinski definition) is 0. The Hall–Kier alpha value is -3.77. The second-order valence-corrected chi connectivity index (χ2v) is 9.94. The molecule has 6 rings (SSSR count). The van der Waals surface area contributed by atoms with Crippen molar-refractivity contribution >= 4 is 22.5 Å². The van der Waals surface area contributed by atoms with E-state index in [-0.39, 0.29) is 5.91 Å². The molecule has 0 bridgehead atoms. The Bertz CT molecular complexity index is 1390. The Balaban J connectivity index is 1.16. The van der Waals surface area contributed by atoms with Gasteiger partial charge in [-0.15, -0.1) is 0 Å². The van der Waals surface area contributed by atoms with Gasteiger partial charge in [0.2, 0.25) is 0 Å². The first-order chi connectivity index (χ1) is 18.2. The molecule has 0 spiro atoms. The number of ether oxygens (including phenoxy) is 1. The number of hydrogen-bond acceptors (Lipinski definition) is 4. The first-order valence-corrected chi connectivity index (χ1v) is 13.3. The Morgan fingerprint density at radius 2 is 1.54 bits per heavy atom. The summed E-state index contributed by atoms with van der Waals surface area (Å²) in [6, 6.07) is 26.6. The summed E-state index contributed by atoms with van der Waals surface area (Å²) in [7, 11) is 1.74. The largest absolute Gasteiger partial charge is 0.495 e. The van der Waals surface area contributed by atoms with Crippen LogP contribution in [0.25, 0.3) is 10.9 Å². The van der Waals surface area contributed by atoms with E-state index in [1.807, 2.05) is 47.4 Å². The molecule has 1 fully saturated rings. The second-order valence-electron chi connectivity index (χ2n) is 9.94. The van der Waals surface area contributed by atoms with E-state index in [1.54, 1.807) is 7.11 Å². The van der Waals surface area contributed by atoms with E-state index < -0.39 is 0 Å². The summed E-state index contributed by atoms with van der Waals surface area (Å²) in [4.78, 5) is 20.2. The van der Waals surface area contributed by atoms with Crippen LogP contribution in [0.15, 0.2) is 78.9 Å². The molecule has 0 radical (unpaired) electrons. The highest BCUT2D eigenvalue weighted by Crippen LogP contribution is 2.32. The SMILES string of the molecule is COc1ccccc1N1CCN(CCn2c3c(c4ccccc42)CN(C(=O)c2ccccc2)CC3)CC1. The van der Waals surface area contributed by atoms with Gasteiger partial charge in [0, 0.05) is 86.5 Å². The van der Waals surface area contributed by atoms with Crippen LogP contribution >= 0.6 is 0 Å². The predicted molar refractivity (Wildman–Crippen MR) is 148 cm³/mol. The minimum Gasteiger partial charge on any atom is -0.495 e. The molecule has 0 aliphatic carbocycles. The zero-order valence-electron chi connectivity index (χ0n) is 21.5. The maximum absolute atomic E-state index is 13.2. The lowest BCUT2D eigenvalue weighted by molar-refractivity contribution is 0.0734. The molecule has 190 valence electrons. The number of aromatic nitrogens is 1. The Kier molecular flexibility index (Phi) is 6.58. The number of nitrogens with zero attached hydrogens (tertiary/aromatic N) is 4. The maximum atomic E-state index is 13.2. The number of anilines is 1. The zero-order valence-corrected chi connectivity index (χ0v) is 21.5. The van der Waals surface area contributed by atoms with Gasteiger partial charge in [0.25, 0.3) is 5.91 Å². The van der Waals surface area contributed by atoms with Gasteiger partial charge in [-0.3, -0.25) is 9.69 Å². The summed E-state index contributed by atoms with van der Waals surface area (Å²) in [6.45, 7) is 7.51. The second kappa shape index (κ2) is 10.3. The molecule has 3 heterocycles. The van der Waals surface area contributed by atoms with E-state index in [0.29, 0.717) is 6.54 Å². The number of benzene rings is 3. The van der Waals surface area contributed by atoms with Crippen molar-refractivity contribution in [3.8, 4) is 5.75 Å². The minimum atomic E-state index is 0.121. The third-order valence-corrected chi connectivity index (χ3v) is 7.91. The molecule has 2 aliphatic rings. The Morgan fingerprint density at radius 3 is 2.35 bits per heavy atom. The van der Waals surface area contributed by atoms with E-state index in [9.17, 15) is 4.79 Å². The van der Waals surface area contributed by atoms with Crippen LogP contribution in [0.3, 0.4) is 0 Å². The number of carbonyl (C=O) groups excluding carboxylic acids is 1. The van der Waals surface area contributed by atoms with E-state index in [0.717, 1.165) is 63.5 Å². The molecule has 1 saturated heterocycles. The van der Waals surface area contributed by atoms with Crippen molar-refractivity contribution in [3.63, 3.8) is 0 Å². The molecule has 2 aliphatic heterocycles. The lowest BCUT2D eigenvalue weighted by atomic mass is 10.0. The summed E-state index contributed by atoms with van der Waals surface area (Å²) >= 11 is 0. The van der Waals surface area contributed by atoms with Crippen LogP contribution in [0.2, 0.25) is 0 Å². The number of amides is 1. The standard InChI is InChI=1S/C31H34N4O2/c1-37-30-14-8-7-13-29(30)33-20-17-32(18-21-33)19-22-35-27-12-6-5-11-25(27)26-23-34(16-15-28(26)35)31(36)24-9-3-2-4-10-24/h2-14H,15-23H2,1H3. The van der Waals surface area contributed by atoms with Gasteiger partial charge in [0.15, 0.2) is 0 Å². The Morgan fingerprint density at radius 1 is 0.811 bits per heavy atom. The van der Waals surface area contributed by atoms with E-state index in [2.05, 4.69) is 50.8 Å². The normalized spacial score (nSPS) is 16.1. The average Bonchev–Trinajstić information content (AvgIpc) is 3.29.